The molecule has 0 saturated carbocycles. The number of carbonyl (C=O) groups is 3. The van der Waals surface area contributed by atoms with E-state index in [2.05, 4.69) is 15.5 Å². The Bertz CT molecular complexity index is 924. The highest BCUT2D eigenvalue weighted by molar-refractivity contribution is 6.30. The van der Waals surface area contributed by atoms with Crippen LogP contribution in [-0.4, -0.2) is 54.8 Å². The molecule has 8 heteroatoms. The topological polar surface area (TPSA) is 81.8 Å². The molecule has 1 aliphatic rings. The standard InChI is InChI=1S/C22H25ClN4O3/c1-15(21(29)25-19-5-3-4-17(14-19)16(2)28)24-22(30)27-12-10-26(11-13-27)20-8-6-18(23)7-9-20/h3-9,14-15H,10-13H2,1-2H3,(H,24,30)(H,25,29)/t15-/m0/s1. The predicted molar refractivity (Wildman–Crippen MR) is 118 cm³/mol. The number of nitrogens with zero attached hydrogens (tertiary/aromatic N) is 2. The summed E-state index contributed by atoms with van der Waals surface area (Å²) in [5.41, 5.74) is 2.11. The van der Waals surface area contributed by atoms with Crippen LogP contribution in [0, 0.1) is 0 Å². The van der Waals surface area contributed by atoms with Gasteiger partial charge >= 0.3 is 6.03 Å². The summed E-state index contributed by atoms with van der Waals surface area (Å²) in [5.74, 6) is -0.422. The minimum atomic E-state index is -0.715. The number of rotatable bonds is 5. The van der Waals surface area contributed by atoms with Crippen molar-refractivity contribution in [3.8, 4) is 0 Å². The van der Waals surface area contributed by atoms with Crippen molar-refractivity contribution in [1.29, 1.82) is 0 Å². The van der Waals surface area contributed by atoms with Gasteiger partial charge in [-0.15, -0.1) is 0 Å². The first kappa shape index (κ1) is 21.6. The molecule has 3 rings (SSSR count). The second-order valence-electron chi connectivity index (χ2n) is 7.25. The van der Waals surface area contributed by atoms with Crippen molar-refractivity contribution >= 4 is 40.7 Å². The molecule has 2 N–H and O–H groups in total. The lowest BCUT2D eigenvalue weighted by molar-refractivity contribution is -0.117. The fourth-order valence-corrected chi connectivity index (χ4v) is 3.35. The van der Waals surface area contributed by atoms with Crippen molar-refractivity contribution in [1.82, 2.24) is 10.2 Å². The van der Waals surface area contributed by atoms with E-state index in [-0.39, 0.29) is 17.7 Å². The minimum absolute atomic E-state index is 0.0785. The Hall–Kier alpha value is -3.06. The summed E-state index contributed by atoms with van der Waals surface area (Å²) < 4.78 is 0. The molecule has 2 aromatic carbocycles. The fraction of sp³-hybridized carbons (Fsp3) is 0.318. The van der Waals surface area contributed by atoms with Crippen LogP contribution < -0.4 is 15.5 Å². The van der Waals surface area contributed by atoms with Crippen LogP contribution in [0.5, 0.6) is 0 Å². The third-order valence-corrected chi connectivity index (χ3v) is 5.28. The maximum absolute atomic E-state index is 12.6. The maximum Gasteiger partial charge on any atom is 0.318 e. The molecular formula is C22H25ClN4O3. The van der Waals surface area contributed by atoms with Crippen LogP contribution >= 0.6 is 11.6 Å². The number of anilines is 2. The van der Waals surface area contributed by atoms with Crippen molar-refractivity contribution in [2.24, 2.45) is 0 Å². The lowest BCUT2D eigenvalue weighted by atomic mass is 10.1. The lowest BCUT2D eigenvalue weighted by Gasteiger charge is -2.36. The number of carbonyl (C=O) groups excluding carboxylic acids is 3. The Kier molecular flexibility index (Phi) is 6.95. The Morgan fingerprint density at radius 2 is 1.67 bits per heavy atom. The number of ketones is 1. The molecule has 1 saturated heterocycles. The Morgan fingerprint density at radius 3 is 2.30 bits per heavy atom. The van der Waals surface area contributed by atoms with E-state index < -0.39 is 6.04 Å². The van der Waals surface area contributed by atoms with Gasteiger partial charge in [-0.05, 0) is 50.2 Å². The minimum Gasteiger partial charge on any atom is -0.368 e. The van der Waals surface area contributed by atoms with Crippen LogP contribution in [0.25, 0.3) is 0 Å². The van der Waals surface area contributed by atoms with Gasteiger partial charge in [-0.1, -0.05) is 23.7 Å². The van der Waals surface area contributed by atoms with Crippen molar-refractivity contribution in [3.63, 3.8) is 0 Å². The van der Waals surface area contributed by atoms with E-state index in [1.54, 1.807) is 36.1 Å². The first-order valence-electron chi connectivity index (χ1n) is 9.81. The van der Waals surface area contributed by atoms with Crippen molar-refractivity contribution in [2.45, 2.75) is 19.9 Å². The molecule has 0 aromatic heterocycles. The first-order valence-corrected chi connectivity index (χ1v) is 10.2. The van der Waals surface area contributed by atoms with E-state index in [0.717, 1.165) is 5.69 Å². The van der Waals surface area contributed by atoms with E-state index in [1.807, 2.05) is 24.3 Å². The zero-order valence-corrected chi connectivity index (χ0v) is 17.8. The molecule has 1 aliphatic heterocycles. The highest BCUT2D eigenvalue weighted by Crippen LogP contribution is 2.19. The first-order chi connectivity index (χ1) is 14.3. The second-order valence-corrected chi connectivity index (χ2v) is 7.68. The average molecular weight is 429 g/mol. The predicted octanol–water partition coefficient (Wildman–Crippen LogP) is 3.40. The lowest BCUT2D eigenvalue weighted by Crippen LogP contribution is -2.54. The molecule has 0 unspecified atom stereocenters. The van der Waals surface area contributed by atoms with Gasteiger partial charge in [0.25, 0.3) is 0 Å². The van der Waals surface area contributed by atoms with E-state index in [0.29, 0.717) is 42.5 Å². The number of nitrogens with one attached hydrogen (secondary N) is 2. The summed E-state index contributed by atoms with van der Waals surface area (Å²) >= 11 is 5.93. The number of urea groups is 1. The van der Waals surface area contributed by atoms with Gasteiger partial charge in [0.15, 0.2) is 5.78 Å². The molecule has 158 valence electrons. The fourth-order valence-electron chi connectivity index (χ4n) is 3.23. The quantitative estimate of drug-likeness (QED) is 0.715. The molecule has 7 nitrogen and oxygen atoms in total. The third kappa shape index (κ3) is 5.51. The number of piperazine rings is 1. The summed E-state index contributed by atoms with van der Waals surface area (Å²) in [7, 11) is 0. The van der Waals surface area contributed by atoms with Gasteiger partial charge in [0.1, 0.15) is 6.04 Å². The SMILES string of the molecule is CC(=O)c1cccc(NC(=O)[C@H](C)NC(=O)N2CCN(c3ccc(Cl)cc3)CC2)c1. The van der Waals surface area contributed by atoms with Gasteiger partial charge in [0.2, 0.25) is 5.91 Å². The zero-order chi connectivity index (χ0) is 21.7. The van der Waals surface area contributed by atoms with Crippen LogP contribution in [0.3, 0.4) is 0 Å². The average Bonchev–Trinajstić information content (AvgIpc) is 2.74. The Balaban J connectivity index is 1.49. The van der Waals surface area contributed by atoms with E-state index in [1.165, 1.54) is 6.92 Å². The Labute approximate surface area is 181 Å². The monoisotopic (exact) mass is 428 g/mol. The number of halogens is 1. The number of hydrogen-bond acceptors (Lipinski definition) is 4. The van der Waals surface area contributed by atoms with Gasteiger partial charge in [-0.3, -0.25) is 9.59 Å². The van der Waals surface area contributed by atoms with Crippen molar-refractivity contribution in [3.05, 3.63) is 59.1 Å². The molecule has 0 aliphatic carbocycles. The highest BCUT2D eigenvalue weighted by atomic mass is 35.5. The molecule has 0 radical (unpaired) electrons. The molecular weight excluding hydrogens is 404 g/mol. The molecule has 1 atom stereocenters. The van der Waals surface area contributed by atoms with E-state index in [4.69, 9.17) is 11.6 Å². The molecule has 30 heavy (non-hydrogen) atoms. The van der Waals surface area contributed by atoms with Crippen LogP contribution in [0.1, 0.15) is 24.2 Å². The molecule has 0 spiro atoms. The number of hydrogen-bond donors (Lipinski definition) is 2. The van der Waals surface area contributed by atoms with Gasteiger partial charge in [-0.25, -0.2) is 4.79 Å². The van der Waals surface area contributed by atoms with E-state index in [9.17, 15) is 14.4 Å². The third-order valence-electron chi connectivity index (χ3n) is 5.03. The second kappa shape index (κ2) is 9.63. The highest BCUT2D eigenvalue weighted by Gasteiger charge is 2.24. The smallest absolute Gasteiger partial charge is 0.318 e. The summed E-state index contributed by atoms with van der Waals surface area (Å²) in [5, 5.41) is 6.17. The van der Waals surface area contributed by atoms with Crippen LogP contribution in [0.15, 0.2) is 48.5 Å². The number of amides is 3. The van der Waals surface area contributed by atoms with Gasteiger partial charge in [0, 0.05) is 48.1 Å². The van der Waals surface area contributed by atoms with Crippen LogP contribution in [-0.2, 0) is 4.79 Å². The summed E-state index contributed by atoms with van der Waals surface area (Å²) in [4.78, 5) is 40.4. The van der Waals surface area contributed by atoms with E-state index >= 15 is 0 Å². The summed E-state index contributed by atoms with van der Waals surface area (Å²) in [6.45, 7) is 5.62. The summed E-state index contributed by atoms with van der Waals surface area (Å²) in [6, 6.07) is 13.4. The molecule has 1 heterocycles. The van der Waals surface area contributed by atoms with Crippen molar-refractivity contribution < 1.29 is 14.4 Å². The Morgan fingerprint density at radius 1 is 1.00 bits per heavy atom. The zero-order valence-electron chi connectivity index (χ0n) is 17.0. The maximum atomic E-state index is 12.6. The van der Waals surface area contributed by atoms with Gasteiger partial charge in [-0.2, -0.15) is 0 Å². The number of benzene rings is 2. The van der Waals surface area contributed by atoms with Crippen molar-refractivity contribution in [2.75, 3.05) is 36.4 Å². The van der Waals surface area contributed by atoms with Crippen LogP contribution in [0.4, 0.5) is 16.2 Å². The molecule has 3 amide bonds. The summed E-state index contributed by atoms with van der Waals surface area (Å²) in [6.07, 6.45) is 0. The molecule has 2 aromatic rings. The normalized spacial score (nSPS) is 14.8. The van der Waals surface area contributed by atoms with Gasteiger partial charge < -0.3 is 20.4 Å². The largest absolute Gasteiger partial charge is 0.368 e. The number of Topliss-reactive ketones (excluding diaryl/α,β-unsaturated/α-hetero) is 1. The molecule has 0 bridgehead atoms. The van der Waals surface area contributed by atoms with Gasteiger partial charge in [0.05, 0.1) is 0 Å². The van der Waals surface area contributed by atoms with Crippen LogP contribution in [0.2, 0.25) is 5.02 Å². The molecule has 1 fully saturated rings.